The summed E-state index contributed by atoms with van der Waals surface area (Å²) in [4.78, 5) is 4.47. The van der Waals surface area contributed by atoms with Gasteiger partial charge in [-0.25, -0.2) is 4.98 Å². The molecule has 96 valence electrons. The predicted molar refractivity (Wildman–Crippen MR) is 78.2 cm³/mol. The first-order valence-corrected chi connectivity index (χ1v) is 7.15. The van der Waals surface area contributed by atoms with E-state index < -0.39 is 0 Å². The Morgan fingerprint density at radius 3 is 2.67 bits per heavy atom. The van der Waals surface area contributed by atoms with Crippen molar-refractivity contribution in [1.29, 1.82) is 0 Å². The van der Waals surface area contributed by atoms with Crippen molar-refractivity contribution in [3.8, 4) is 0 Å². The van der Waals surface area contributed by atoms with Gasteiger partial charge in [0.05, 0.1) is 10.7 Å². The maximum absolute atomic E-state index is 6.23. The molecule has 3 heteroatoms. The Morgan fingerprint density at radius 2 is 2.00 bits per heavy atom. The summed E-state index contributed by atoms with van der Waals surface area (Å²) in [6.45, 7) is 6.30. The highest BCUT2D eigenvalue weighted by molar-refractivity contribution is 7.09. The Hall–Kier alpha value is -1.19. The minimum absolute atomic E-state index is 0.145. The molecule has 0 saturated heterocycles. The highest BCUT2D eigenvalue weighted by atomic mass is 32.1. The molecule has 0 fully saturated rings. The number of nitrogens with two attached hydrogens (primary N) is 1. The Kier molecular flexibility index (Phi) is 4.15. The van der Waals surface area contributed by atoms with Crippen LogP contribution in [0, 0.1) is 20.8 Å². The first-order valence-electron chi connectivity index (χ1n) is 6.27. The van der Waals surface area contributed by atoms with E-state index in [2.05, 4.69) is 42.4 Å². The van der Waals surface area contributed by atoms with Crippen LogP contribution >= 0.6 is 11.3 Å². The topological polar surface area (TPSA) is 38.9 Å². The number of rotatable bonds is 4. The second kappa shape index (κ2) is 5.63. The molecule has 2 rings (SSSR count). The number of thiazole rings is 1. The Labute approximate surface area is 113 Å². The Morgan fingerprint density at radius 1 is 1.22 bits per heavy atom. The van der Waals surface area contributed by atoms with Gasteiger partial charge in [-0.15, -0.1) is 11.3 Å². The molecular formula is C15H20N2S. The van der Waals surface area contributed by atoms with Crippen molar-refractivity contribution in [3.63, 3.8) is 0 Å². The molecule has 0 radical (unpaired) electrons. The molecule has 2 N–H and O–H groups in total. The molecule has 1 aromatic heterocycles. The summed E-state index contributed by atoms with van der Waals surface area (Å²) in [6.07, 6.45) is 1.78. The van der Waals surface area contributed by atoms with E-state index in [-0.39, 0.29) is 6.04 Å². The fraction of sp³-hybridized carbons (Fsp3) is 0.400. The molecule has 1 heterocycles. The van der Waals surface area contributed by atoms with Crippen LogP contribution in [-0.2, 0) is 12.8 Å². The molecule has 1 atom stereocenters. The average Bonchev–Trinajstić information content (AvgIpc) is 2.69. The van der Waals surface area contributed by atoms with Crippen molar-refractivity contribution >= 4 is 11.3 Å². The molecule has 0 aliphatic heterocycles. The zero-order valence-corrected chi connectivity index (χ0v) is 12.1. The first kappa shape index (κ1) is 13.2. The van der Waals surface area contributed by atoms with E-state index in [1.807, 2.05) is 6.92 Å². The summed E-state index contributed by atoms with van der Waals surface area (Å²) in [5, 5.41) is 3.22. The van der Waals surface area contributed by atoms with Crippen LogP contribution in [0.4, 0.5) is 0 Å². The molecule has 0 saturated carbocycles. The van der Waals surface area contributed by atoms with E-state index in [1.165, 1.54) is 16.7 Å². The van der Waals surface area contributed by atoms with Crippen molar-refractivity contribution in [2.75, 3.05) is 0 Å². The summed E-state index contributed by atoms with van der Waals surface area (Å²) >= 11 is 1.69. The monoisotopic (exact) mass is 260 g/mol. The van der Waals surface area contributed by atoms with Gasteiger partial charge in [-0.2, -0.15) is 0 Å². The second-order valence-corrected chi connectivity index (χ2v) is 6.02. The SMILES string of the molecule is Cc1ccc(C)c(CC(N)Cc2csc(C)n2)c1. The van der Waals surface area contributed by atoms with Crippen LogP contribution in [0.25, 0.3) is 0 Å². The summed E-state index contributed by atoms with van der Waals surface area (Å²) < 4.78 is 0. The third-order valence-corrected chi connectivity index (χ3v) is 3.95. The van der Waals surface area contributed by atoms with Crippen LogP contribution in [0.15, 0.2) is 23.6 Å². The first-order chi connectivity index (χ1) is 8.54. The van der Waals surface area contributed by atoms with Gasteiger partial charge in [0.15, 0.2) is 0 Å². The maximum atomic E-state index is 6.23. The molecule has 0 spiro atoms. The molecular weight excluding hydrogens is 240 g/mol. The van der Waals surface area contributed by atoms with E-state index in [0.717, 1.165) is 23.5 Å². The number of hydrogen-bond acceptors (Lipinski definition) is 3. The molecule has 18 heavy (non-hydrogen) atoms. The van der Waals surface area contributed by atoms with E-state index in [0.29, 0.717) is 0 Å². The molecule has 1 unspecified atom stereocenters. The van der Waals surface area contributed by atoms with Gasteiger partial charge >= 0.3 is 0 Å². The Balaban J connectivity index is 2.02. The number of hydrogen-bond donors (Lipinski definition) is 1. The van der Waals surface area contributed by atoms with Crippen molar-refractivity contribution in [2.24, 2.45) is 5.73 Å². The average molecular weight is 260 g/mol. The van der Waals surface area contributed by atoms with Crippen molar-refractivity contribution in [1.82, 2.24) is 4.98 Å². The third kappa shape index (κ3) is 3.40. The van der Waals surface area contributed by atoms with Crippen LogP contribution in [0.5, 0.6) is 0 Å². The van der Waals surface area contributed by atoms with Gasteiger partial charge in [0, 0.05) is 17.8 Å². The lowest BCUT2D eigenvalue weighted by Crippen LogP contribution is -2.26. The zero-order valence-electron chi connectivity index (χ0n) is 11.2. The van der Waals surface area contributed by atoms with Gasteiger partial charge in [-0.05, 0) is 38.3 Å². The van der Waals surface area contributed by atoms with E-state index >= 15 is 0 Å². The van der Waals surface area contributed by atoms with Crippen molar-refractivity contribution in [3.05, 3.63) is 51.0 Å². The quantitative estimate of drug-likeness (QED) is 0.917. The minimum atomic E-state index is 0.145. The molecule has 0 amide bonds. The van der Waals surface area contributed by atoms with Crippen molar-refractivity contribution < 1.29 is 0 Å². The summed E-state index contributed by atoms with van der Waals surface area (Å²) in [5.74, 6) is 0. The lowest BCUT2D eigenvalue weighted by molar-refractivity contribution is 0.653. The van der Waals surface area contributed by atoms with Gasteiger partial charge in [0.25, 0.3) is 0 Å². The molecule has 0 aliphatic carbocycles. The summed E-state index contributed by atoms with van der Waals surface area (Å²) in [7, 11) is 0. The molecule has 2 aromatic rings. The van der Waals surface area contributed by atoms with E-state index in [4.69, 9.17) is 5.73 Å². The summed E-state index contributed by atoms with van der Waals surface area (Å²) in [5.41, 5.74) is 11.3. The molecule has 0 aliphatic rings. The van der Waals surface area contributed by atoms with Gasteiger partial charge < -0.3 is 5.73 Å². The van der Waals surface area contributed by atoms with Crippen LogP contribution in [0.3, 0.4) is 0 Å². The van der Waals surface area contributed by atoms with Gasteiger partial charge in [-0.3, -0.25) is 0 Å². The summed E-state index contributed by atoms with van der Waals surface area (Å²) in [6, 6.07) is 6.70. The minimum Gasteiger partial charge on any atom is -0.327 e. The Bertz CT molecular complexity index is 531. The molecule has 2 nitrogen and oxygen atoms in total. The van der Waals surface area contributed by atoms with Crippen LogP contribution in [-0.4, -0.2) is 11.0 Å². The van der Waals surface area contributed by atoms with Gasteiger partial charge in [-0.1, -0.05) is 23.8 Å². The third-order valence-electron chi connectivity index (χ3n) is 3.12. The molecule has 0 bridgehead atoms. The number of aromatic nitrogens is 1. The van der Waals surface area contributed by atoms with Gasteiger partial charge in [0.1, 0.15) is 0 Å². The normalized spacial score (nSPS) is 12.7. The number of benzene rings is 1. The standard InChI is InChI=1S/C15H20N2S/c1-10-4-5-11(2)13(6-10)7-14(16)8-15-9-18-12(3)17-15/h4-6,9,14H,7-8,16H2,1-3H3. The largest absolute Gasteiger partial charge is 0.327 e. The smallest absolute Gasteiger partial charge is 0.0897 e. The molecule has 1 aromatic carbocycles. The second-order valence-electron chi connectivity index (χ2n) is 4.96. The fourth-order valence-electron chi connectivity index (χ4n) is 2.15. The van der Waals surface area contributed by atoms with Gasteiger partial charge in [0.2, 0.25) is 0 Å². The number of aryl methyl sites for hydroxylation is 3. The predicted octanol–water partition coefficient (Wildman–Crippen LogP) is 3.18. The highest BCUT2D eigenvalue weighted by Gasteiger charge is 2.09. The lowest BCUT2D eigenvalue weighted by Gasteiger charge is -2.13. The van der Waals surface area contributed by atoms with E-state index in [1.54, 1.807) is 11.3 Å². The van der Waals surface area contributed by atoms with Crippen LogP contribution in [0.2, 0.25) is 0 Å². The van der Waals surface area contributed by atoms with Crippen LogP contribution in [0.1, 0.15) is 27.4 Å². The maximum Gasteiger partial charge on any atom is 0.0897 e. The fourth-order valence-corrected chi connectivity index (χ4v) is 2.77. The van der Waals surface area contributed by atoms with Crippen LogP contribution < -0.4 is 5.73 Å². The van der Waals surface area contributed by atoms with E-state index in [9.17, 15) is 0 Å². The lowest BCUT2D eigenvalue weighted by atomic mass is 9.97. The van der Waals surface area contributed by atoms with Crippen molar-refractivity contribution in [2.45, 2.75) is 39.7 Å². The zero-order chi connectivity index (χ0) is 13.1. The number of nitrogens with zero attached hydrogens (tertiary/aromatic N) is 1. The highest BCUT2D eigenvalue weighted by Crippen LogP contribution is 2.15.